The Kier molecular flexibility index (Phi) is 6.60. The third-order valence-corrected chi connectivity index (χ3v) is 4.11. The molecule has 19 heavy (non-hydrogen) atoms. The lowest BCUT2D eigenvalue weighted by atomic mass is 9.83. The Balaban J connectivity index is 2.52. The van der Waals surface area contributed by atoms with Crippen molar-refractivity contribution >= 4 is 0 Å². The molecule has 0 saturated heterocycles. The van der Waals surface area contributed by atoms with Gasteiger partial charge in [0.05, 0.1) is 5.92 Å². The van der Waals surface area contributed by atoms with Crippen LogP contribution in [0.5, 0.6) is 0 Å². The van der Waals surface area contributed by atoms with Gasteiger partial charge >= 0.3 is 6.18 Å². The van der Waals surface area contributed by atoms with Crippen LogP contribution in [-0.4, -0.2) is 42.8 Å². The van der Waals surface area contributed by atoms with Crippen molar-refractivity contribution in [3.05, 3.63) is 0 Å². The summed E-state index contributed by atoms with van der Waals surface area (Å²) in [5, 5.41) is 3.21. The molecular formula is C14H27F3N2. The molecule has 1 fully saturated rings. The number of alkyl halides is 3. The number of nitrogens with zero attached hydrogens (tertiary/aromatic N) is 1. The summed E-state index contributed by atoms with van der Waals surface area (Å²) in [4.78, 5) is 2.24. The fraction of sp³-hybridized carbons (Fsp3) is 1.00. The molecule has 0 aliphatic heterocycles. The maximum atomic E-state index is 13.0. The summed E-state index contributed by atoms with van der Waals surface area (Å²) < 4.78 is 39.0. The van der Waals surface area contributed by atoms with Crippen LogP contribution in [0.4, 0.5) is 13.2 Å². The number of nitrogens with one attached hydrogen (secondary N) is 1. The SMILES string of the molecule is CCN(CC)CC(C)NC1CCCCC1C(F)(F)F. The minimum atomic E-state index is -4.06. The summed E-state index contributed by atoms with van der Waals surface area (Å²) in [5.41, 5.74) is 0. The van der Waals surface area contributed by atoms with Crippen LogP contribution >= 0.6 is 0 Å². The maximum Gasteiger partial charge on any atom is 0.393 e. The van der Waals surface area contributed by atoms with Gasteiger partial charge in [0.25, 0.3) is 0 Å². The summed E-state index contributed by atoms with van der Waals surface area (Å²) in [7, 11) is 0. The highest BCUT2D eigenvalue weighted by Gasteiger charge is 2.45. The van der Waals surface area contributed by atoms with E-state index in [1.165, 1.54) is 0 Å². The molecule has 0 heterocycles. The summed E-state index contributed by atoms with van der Waals surface area (Å²) in [6.45, 7) is 8.84. The van der Waals surface area contributed by atoms with Crippen LogP contribution in [0.3, 0.4) is 0 Å². The van der Waals surface area contributed by atoms with Crippen LogP contribution in [0, 0.1) is 5.92 Å². The van der Waals surface area contributed by atoms with Gasteiger partial charge in [0, 0.05) is 18.6 Å². The zero-order valence-electron chi connectivity index (χ0n) is 12.3. The van der Waals surface area contributed by atoms with Crippen molar-refractivity contribution in [3.63, 3.8) is 0 Å². The second-order valence-corrected chi connectivity index (χ2v) is 5.59. The number of halogens is 3. The molecule has 1 N–H and O–H groups in total. The van der Waals surface area contributed by atoms with Crippen molar-refractivity contribution in [2.24, 2.45) is 5.92 Å². The quantitative estimate of drug-likeness (QED) is 0.802. The second-order valence-electron chi connectivity index (χ2n) is 5.59. The summed E-state index contributed by atoms with van der Waals surface area (Å²) in [5.74, 6) is -1.17. The molecule has 114 valence electrons. The Morgan fingerprint density at radius 3 is 2.26 bits per heavy atom. The van der Waals surface area contributed by atoms with E-state index in [1.54, 1.807) is 0 Å². The van der Waals surface area contributed by atoms with Crippen LogP contribution < -0.4 is 5.32 Å². The first-order valence-corrected chi connectivity index (χ1v) is 7.43. The monoisotopic (exact) mass is 280 g/mol. The van der Waals surface area contributed by atoms with E-state index in [0.29, 0.717) is 12.8 Å². The van der Waals surface area contributed by atoms with Crippen molar-refractivity contribution in [2.45, 2.75) is 64.7 Å². The highest BCUT2D eigenvalue weighted by Crippen LogP contribution is 2.37. The van der Waals surface area contributed by atoms with Crippen LogP contribution in [0.15, 0.2) is 0 Å². The van der Waals surface area contributed by atoms with Gasteiger partial charge in [-0.1, -0.05) is 26.7 Å². The van der Waals surface area contributed by atoms with E-state index in [1.807, 2.05) is 6.92 Å². The minimum Gasteiger partial charge on any atom is -0.310 e. The zero-order chi connectivity index (χ0) is 14.5. The molecule has 0 bridgehead atoms. The molecule has 0 amide bonds. The Morgan fingerprint density at radius 2 is 1.74 bits per heavy atom. The lowest BCUT2D eigenvalue weighted by Gasteiger charge is -2.36. The van der Waals surface area contributed by atoms with Crippen LogP contribution in [0.25, 0.3) is 0 Å². The first-order valence-electron chi connectivity index (χ1n) is 7.43. The standard InChI is InChI=1S/C14H27F3N2/c1-4-19(5-2)10-11(3)18-13-9-7-6-8-12(13)14(15,16)17/h11-13,18H,4-10H2,1-3H3. The first-order chi connectivity index (χ1) is 8.88. The Bertz CT molecular complexity index is 252. The van der Waals surface area contributed by atoms with E-state index < -0.39 is 18.1 Å². The van der Waals surface area contributed by atoms with Gasteiger partial charge in [-0.3, -0.25) is 0 Å². The molecule has 0 spiro atoms. The molecule has 0 aromatic carbocycles. The minimum absolute atomic E-state index is 0.104. The van der Waals surface area contributed by atoms with Gasteiger partial charge < -0.3 is 10.2 Å². The van der Waals surface area contributed by atoms with Gasteiger partial charge in [-0.15, -0.1) is 0 Å². The van der Waals surface area contributed by atoms with Crippen LogP contribution in [0.2, 0.25) is 0 Å². The third-order valence-electron chi connectivity index (χ3n) is 4.11. The van der Waals surface area contributed by atoms with E-state index in [0.717, 1.165) is 26.1 Å². The van der Waals surface area contributed by atoms with Crippen molar-refractivity contribution in [1.29, 1.82) is 0 Å². The van der Waals surface area contributed by atoms with Crippen molar-refractivity contribution in [3.8, 4) is 0 Å². The number of hydrogen-bond donors (Lipinski definition) is 1. The van der Waals surface area contributed by atoms with E-state index in [4.69, 9.17) is 0 Å². The molecule has 5 heteroatoms. The van der Waals surface area contributed by atoms with Crippen LogP contribution in [0.1, 0.15) is 46.5 Å². The van der Waals surface area contributed by atoms with Gasteiger partial charge in [0.15, 0.2) is 0 Å². The normalized spacial score (nSPS) is 26.7. The van der Waals surface area contributed by atoms with Gasteiger partial charge in [-0.05, 0) is 32.9 Å². The number of likely N-dealkylation sites (N-methyl/N-ethyl adjacent to an activating group) is 1. The van der Waals surface area contributed by atoms with E-state index in [2.05, 4.69) is 24.1 Å². The smallest absolute Gasteiger partial charge is 0.310 e. The molecular weight excluding hydrogens is 253 g/mol. The lowest BCUT2D eigenvalue weighted by molar-refractivity contribution is -0.189. The number of rotatable bonds is 6. The molecule has 0 aromatic heterocycles. The molecule has 0 aromatic rings. The average Bonchev–Trinajstić information content (AvgIpc) is 2.35. The molecule has 1 saturated carbocycles. The molecule has 1 aliphatic rings. The largest absolute Gasteiger partial charge is 0.393 e. The molecule has 3 unspecified atom stereocenters. The summed E-state index contributed by atoms with van der Waals surface area (Å²) in [6, 6.07) is -0.299. The molecule has 1 rings (SSSR count). The predicted octanol–water partition coefficient (Wildman–Crippen LogP) is 3.43. The van der Waals surface area contributed by atoms with E-state index in [-0.39, 0.29) is 12.5 Å². The first kappa shape index (κ1) is 16.8. The van der Waals surface area contributed by atoms with Gasteiger partial charge in [0.2, 0.25) is 0 Å². The summed E-state index contributed by atoms with van der Waals surface area (Å²) >= 11 is 0. The van der Waals surface area contributed by atoms with Crippen molar-refractivity contribution in [2.75, 3.05) is 19.6 Å². The second kappa shape index (κ2) is 7.48. The van der Waals surface area contributed by atoms with Gasteiger partial charge in [-0.2, -0.15) is 13.2 Å². The van der Waals surface area contributed by atoms with E-state index >= 15 is 0 Å². The van der Waals surface area contributed by atoms with Gasteiger partial charge in [0.1, 0.15) is 0 Å². The molecule has 3 atom stereocenters. The van der Waals surface area contributed by atoms with Crippen molar-refractivity contribution in [1.82, 2.24) is 10.2 Å². The topological polar surface area (TPSA) is 15.3 Å². The Morgan fingerprint density at radius 1 is 1.16 bits per heavy atom. The van der Waals surface area contributed by atoms with Crippen molar-refractivity contribution < 1.29 is 13.2 Å². The molecule has 2 nitrogen and oxygen atoms in total. The Hall–Kier alpha value is -0.290. The highest BCUT2D eigenvalue weighted by molar-refractivity contribution is 4.87. The summed E-state index contributed by atoms with van der Waals surface area (Å²) in [6.07, 6.45) is -1.53. The predicted molar refractivity (Wildman–Crippen MR) is 72.2 cm³/mol. The zero-order valence-corrected chi connectivity index (χ0v) is 12.3. The molecule has 1 aliphatic carbocycles. The third kappa shape index (κ3) is 5.30. The maximum absolute atomic E-state index is 13.0. The average molecular weight is 280 g/mol. The van der Waals surface area contributed by atoms with E-state index in [9.17, 15) is 13.2 Å². The Labute approximate surface area is 114 Å². The number of hydrogen-bond acceptors (Lipinski definition) is 2. The molecule has 0 radical (unpaired) electrons. The van der Waals surface area contributed by atoms with Gasteiger partial charge in [-0.25, -0.2) is 0 Å². The lowest BCUT2D eigenvalue weighted by Crippen LogP contribution is -2.51. The highest BCUT2D eigenvalue weighted by atomic mass is 19.4. The fourth-order valence-electron chi connectivity index (χ4n) is 3.01. The van der Waals surface area contributed by atoms with Crippen LogP contribution in [-0.2, 0) is 0 Å². The fourth-order valence-corrected chi connectivity index (χ4v) is 3.01.